The highest BCUT2D eigenvalue weighted by Crippen LogP contribution is 2.31. The Balaban J connectivity index is 1.58. The van der Waals surface area contributed by atoms with E-state index in [-0.39, 0.29) is 22.2 Å². The Bertz CT molecular complexity index is 1590. The molecule has 1 aliphatic rings. The van der Waals surface area contributed by atoms with Crippen LogP contribution in [-0.2, 0) is 16.3 Å². The maximum Gasteiger partial charge on any atom is 0.277 e. The normalized spacial score (nSPS) is 13.7. The maximum atomic E-state index is 13.6. The lowest BCUT2D eigenvalue weighted by Gasteiger charge is -2.28. The molecule has 8 nitrogen and oxygen atoms in total. The Kier molecular flexibility index (Phi) is 5.38. The van der Waals surface area contributed by atoms with E-state index in [0.29, 0.717) is 40.6 Å². The molecule has 0 bridgehead atoms. The first kappa shape index (κ1) is 22.1. The van der Waals surface area contributed by atoms with Gasteiger partial charge in [0.05, 0.1) is 5.69 Å². The van der Waals surface area contributed by atoms with Gasteiger partial charge in [0.25, 0.3) is 11.5 Å². The average Bonchev–Trinajstić information content (AvgIpc) is 3.21. The summed E-state index contributed by atoms with van der Waals surface area (Å²) in [6, 6.07) is 18.7. The van der Waals surface area contributed by atoms with Crippen LogP contribution >= 0.6 is 11.6 Å². The van der Waals surface area contributed by atoms with Crippen molar-refractivity contribution < 1.29 is 13.2 Å². The fourth-order valence-corrected chi connectivity index (χ4v) is 5.16. The predicted octanol–water partition coefficient (Wildman–Crippen LogP) is 3.28. The molecule has 172 valence electrons. The van der Waals surface area contributed by atoms with E-state index in [1.807, 2.05) is 0 Å². The number of sulfone groups is 1. The minimum Gasteiger partial charge on any atom is -0.307 e. The maximum absolute atomic E-state index is 13.6. The number of anilines is 1. The number of benzene rings is 2. The summed E-state index contributed by atoms with van der Waals surface area (Å²) < 4.78 is 27.7. The van der Waals surface area contributed by atoms with Gasteiger partial charge in [0, 0.05) is 47.0 Å². The van der Waals surface area contributed by atoms with Gasteiger partial charge in [0.2, 0.25) is 0 Å². The van der Waals surface area contributed by atoms with Crippen molar-refractivity contribution in [3.05, 3.63) is 99.6 Å². The van der Waals surface area contributed by atoms with Gasteiger partial charge in [-0.3, -0.25) is 14.2 Å². The Morgan fingerprint density at radius 2 is 1.65 bits per heavy atom. The molecule has 3 heterocycles. The third-order valence-corrected chi connectivity index (χ3v) is 6.91. The largest absolute Gasteiger partial charge is 0.307 e. The molecule has 0 N–H and O–H groups in total. The SMILES string of the molecule is CS(=O)(=O)c1nn(-c2cccc(Cl)c2)c2c1CCN(c1ccc(-n3ccccc3=O)cc1)C2=O. The van der Waals surface area contributed by atoms with Crippen LogP contribution in [0.15, 0.2) is 82.7 Å². The van der Waals surface area contributed by atoms with Gasteiger partial charge < -0.3 is 4.90 Å². The monoisotopic (exact) mass is 494 g/mol. The third kappa shape index (κ3) is 3.82. The average molecular weight is 495 g/mol. The van der Waals surface area contributed by atoms with Crippen LogP contribution in [0.2, 0.25) is 5.02 Å². The zero-order chi connectivity index (χ0) is 24.0. The number of aromatic nitrogens is 3. The molecule has 0 saturated heterocycles. The smallest absolute Gasteiger partial charge is 0.277 e. The number of hydrogen-bond acceptors (Lipinski definition) is 5. The molecule has 2 aromatic heterocycles. The van der Waals surface area contributed by atoms with E-state index in [1.165, 1.54) is 15.3 Å². The van der Waals surface area contributed by atoms with Crippen LogP contribution in [-0.4, -0.2) is 41.5 Å². The number of hydrogen-bond donors (Lipinski definition) is 0. The molecule has 0 radical (unpaired) electrons. The van der Waals surface area contributed by atoms with Gasteiger partial charge in [-0.1, -0.05) is 23.7 Å². The summed E-state index contributed by atoms with van der Waals surface area (Å²) >= 11 is 6.13. The molecule has 1 aliphatic heterocycles. The highest BCUT2D eigenvalue weighted by Gasteiger charge is 2.35. The van der Waals surface area contributed by atoms with Gasteiger partial charge in [-0.15, -0.1) is 0 Å². The number of carbonyl (C=O) groups excluding carboxylic acids is 1. The van der Waals surface area contributed by atoms with E-state index in [2.05, 4.69) is 5.10 Å². The number of carbonyl (C=O) groups is 1. The molecule has 0 aliphatic carbocycles. The van der Waals surface area contributed by atoms with Crippen LogP contribution in [0.25, 0.3) is 11.4 Å². The van der Waals surface area contributed by atoms with Crippen LogP contribution in [0, 0.1) is 0 Å². The van der Waals surface area contributed by atoms with E-state index >= 15 is 0 Å². The van der Waals surface area contributed by atoms with Crippen molar-refractivity contribution in [2.24, 2.45) is 0 Å². The van der Waals surface area contributed by atoms with Crippen molar-refractivity contribution in [1.29, 1.82) is 0 Å². The summed E-state index contributed by atoms with van der Waals surface area (Å²) in [7, 11) is -3.66. The fraction of sp³-hybridized carbons (Fsp3) is 0.125. The van der Waals surface area contributed by atoms with Crippen molar-refractivity contribution in [3.63, 3.8) is 0 Å². The minimum atomic E-state index is -3.66. The molecule has 1 amide bonds. The molecule has 0 saturated carbocycles. The molecule has 0 atom stereocenters. The van der Waals surface area contributed by atoms with E-state index < -0.39 is 9.84 Å². The first-order valence-electron chi connectivity index (χ1n) is 10.4. The molecule has 2 aromatic carbocycles. The van der Waals surface area contributed by atoms with Crippen LogP contribution in [0.4, 0.5) is 5.69 Å². The molecule has 4 aromatic rings. The van der Waals surface area contributed by atoms with Crippen molar-refractivity contribution in [2.75, 3.05) is 17.7 Å². The predicted molar refractivity (Wildman–Crippen MR) is 129 cm³/mol. The van der Waals surface area contributed by atoms with Gasteiger partial charge in [0.1, 0.15) is 5.69 Å². The zero-order valence-corrected chi connectivity index (χ0v) is 19.6. The number of halogens is 1. The van der Waals surface area contributed by atoms with Gasteiger partial charge in [-0.25, -0.2) is 13.1 Å². The number of rotatable bonds is 4. The summed E-state index contributed by atoms with van der Waals surface area (Å²) in [6.45, 7) is 0.292. The second-order valence-corrected chi connectivity index (χ2v) is 10.3. The lowest BCUT2D eigenvalue weighted by atomic mass is 10.1. The van der Waals surface area contributed by atoms with Gasteiger partial charge >= 0.3 is 0 Å². The minimum absolute atomic E-state index is 0.103. The lowest BCUT2D eigenvalue weighted by molar-refractivity contribution is 0.0973. The molecule has 10 heteroatoms. The summed E-state index contributed by atoms with van der Waals surface area (Å²) in [4.78, 5) is 27.3. The Morgan fingerprint density at radius 1 is 0.912 bits per heavy atom. The third-order valence-electron chi connectivity index (χ3n) is 5.65. The molecule has 0 spiro atoms. The number of fused-ring (bicyclic) bond motifs is 1. The number of amides is 1. The van der Waals surface area contributed by atoms with Crippen molar-refractivity contribution in [1.82, 2.24) is 14.3 Å². The van der Waals surface area contributed by atoms with Gasteiger partial charge in [-0.2, -0.15) is 5.10 Å². The Hall–Kier alpha value is -3.69. The van der Waals surface area contributed by atoms with Gasteiger partial charge in [-0.05, 0) is 55.0 Å². The second kappa shape index (κ2) is 8.27. The molecule has 0 unspecified atom stereocenters. The van der Waals surface area contributed by atoms with Crippen LogP contribution in [0.5, 0.6) is 0 Å². The molecular formula is C24H19ClN4O4S. The van der Waals surface area contributed by atoms with E-state index in [9.17, 15) is 18.0 Å². The fourth-order valence-electron chi connectivity index (χ4n) is 4.10. The summed E-state index contributed by atoms with van der Waals surface area (Å²) in [5, 5.41) is 4.64. The van der Waals surface area contributed by atoms with Crippen LogP contribution in [0.1, 0.15) is 16.1 Å². The first-order chi connectivity index (χ1) is 16.2. The van der Waals surface area contributed by atoms with Crippen LogP contribution in [0.3, 0.4) is 0 Å². The molecule has 34 heavy (non-hydrogen) atoms. The zero-order valence-electron chi connectivity index (χ0n) is 18.1. The lowest BCUT2D eigenvalue weighted by Crippen LogP contribution is -2.39. The highest BCUT2D eigenvalue weighted by molar-refractivity contribution is 7.90. The summed E-state index contributed by atoms with van der Waals surface area (Å²) in [5.74, 6) is -0.367. The van der Waals surface area contributed by atoms with Crippen molar-refractivity contribution in [2.45, 2.75) is 11.4 Å². The number of nitrogens with zero attached hydrogens (tertiary/aromatic N) is 4. The molecule has 5 rings (SSSR count). The summed E-state index contributed by atoms with van der Waals surface area (Å²) in [5.41, 5.74) is 2.22. The highest BCUT2D eigenvalue weighted by atomic mass is 35.5. The van der Waals surface area contributed by atoms with Gasteiger partial charge in [0.15, 0.2) is 14.9 Å². The topological polar surface area (TPSA) is 94.3 Å². The van der Waals surface area contributed by atoms with E-state index in [0.717, 1.165) is 6.26 Å². The van der Waals surface area contributed by atoms with Crippen LogP contribution < -0.4 is 10.5 Å². The van der Waals surface area contributed by atoms with Crippen molar-refractivity contribution in [3.8, 4) is 11.4 Å². The standard InChI is InChI=1S/C24H19ClN4O4S/c1-34(32,33)23-20-12-14-28(18-10-8-17(9-11-18)27-13-3-2-7-21(27)30)24(31)22(20)29(26-23)19-6-4-5-16(25)15-19/h2-11,13,15H,12,14H2,1H3. The summed E-state index contributed by atoms with van der Waals surface area (Å²) in [6.07, 6.45) is 3.08. The van der Waals surface area contributed by atoms with Crippen molar-refractivity contribution >= 4 is 33.0 Å². The molecular weight excluding hydrogens is 476 g/mol. The van der Waals surface area contributed by atoms with E-state index in [4.69, 9.17) is 11.6 Å². The molecule has 0 fully saturated rings. The van der Waals surface area contributed by atoms with E-state index in [1.54, 1.807) is 71.8 Å². The Labute approximate surface area is 200 Å². The number of pyridine rings is 1. The Morgan fingerprint density at radius 3 is 2.32 bits per heavy atom. The first-order valence-corrected chi connectivity index (χ1v) is 12.7. The second-order valence-electron chi connectivity index (χ2n) is 7.93. The quantitative estimate of drug-likeness (QED) is 0.434.